The minimum Gasteiger partial charge on any atom is -0.294 e. The fraction of sp³-hybridized carbons (Fsp3) is 0.545. The zero-order valence-electron chi connectivity index (χ0n) is 8.05. The number of rotatable bonds is 2. The smallest absolute Gasteiger partial charge is 0.162 e. The van der Waals surface area contributed by atoms with Gasteiger partial charge in [-0.2, -0.15) is 0 Å². The molecule has 0 aromatic heterocycles. The lowest BCUT2D eigenvalue weighted by Gasteiger charge is -2.03. The Bertz CT molecular complexity index is 246. The third kappa shape index (κ3) is 1.66. The van der Waals surface area contributed by atoms with Gasteiger partial charge in [-0.1, -0.05) is 17.7 Å². The van der Waals surface area contributed by atoms with Crippen molar-refractivity contribution in [2.75, 3.05) is 0 Å². The van der Waals surface area contributed by atoms with Gasteiger partial charge in [0.1, 0.15) is 0 Å². The minimum atomic E-state index is 0.237. The Balaban J connectivity index is 2.60. The molecule has 0 aromatic rings. The second kappa shape index (κ2) is 3.70. The van der Waals surface area contributed by atoms with Crippen LogP contribution >= 0.6 is 0 Å². The van der Waals surface area contributed by atoms with E-state index in [1.165, 1.54) is 5.57 Å². The lowest BCUT2D eigenvalue weighted by Crippen LogP contribution is -2.07. The average Bonchev–Trinajstić information content (AvgIpc) is 2.30. The number of hydrogen-bond donors (Lipinski definition) is 0. The van der Waals surface area contributed by atoms with Gasteiger partial charge < -0.3 is 0 Å². The summed E-state index contributed by atoms with van der Waals surface area (Å²) < 4.78 is 0. The van der Waals surface area contributed by atoms with Gasteiger partial charge in [0.05, 0.1) is 0 Å². The third-order valence-electron chi connectivity index (χ3n) is 2.59. The maximum atomic E-state index is 11.5. The predicted molar refractivity (Wildman–Crippen MR) is 50.9 cm³/mol. The van der Waals surface area contributed by atoms with Crippen molar-refractivity contribution in [1.29, 1.82) is 0 Å². The number of hydrogen-bond acceptors (Lipinski definition) is 1. The molecule has 1 atom stereocenters. The standard InChI is InChI=1S/C11H16O/c1-4-5-6-10-7-8(2)9(3)11(10)12/h4-5,10H,6-7H2,1-3H3. The Morgan fingerprint density at radius 2 is 2.17 bits per heavy atom. The number of ketones is 1. The SMILES string of the molecule is CC=CCC1CC(C)=C(C)C1=O. The Labute approximate surface area is 74.2 Å². The quantitative estimate of drug-likeness (QED) is 0.573. The molecule has 1 aliphatic carbocycles. The molecule has 0 aliphatic heterocycles. The van der Waals surface area contributed by atoms with Gasteiger partial charge in [-0.15, -0.1) is 0 Å². The molecular weight excluding hydrogens is 148 g/mol. The molecule has 0 saturated carbocycles. The molecule has 66 valence electrons. The maximum absolute atomic E-state index is 11.5. The monoisotopic (exact) mass is 164 g/mol. The van der Waals surface area contributed by atoms with Crippen LogP contribution in [0.5, 0.6) is 0 Å². The zero-order chi connectivity index (χ0) is 9.14. The van der Waals surface area contributed by atoms with Crippen molar-refractivity contribution in [2.24, 2.45) is 5.92 Å². The molecule has 0 saturated heterocycles. The van der Waals surface area contributed by atoms with E-state index in [2.05, 4.69) is 13.0 Å². The van der Waals surface area contributed by atoms with E-state index in [1.807, 2.05) is 19.9 Å². The second-order valence-electron chi connectivity index (χ2n) is 3.48. The fourth-order valence-electron chi connectivity index (χ4n) is 1.62. The Hall–Kier alpha value is -0.850. The summed E-state index contributed by atoms with van der Waals surface area (Å²) in [4.78, 5) is 11.5. The van der Waals surface area contributed by atoms with Gasteiger partial charge in [-0.3, -0.25) is 4.79 Å². The van der Waals surface area contributed by atoms with Crippen molar-refractivity contribution < 1.29 is 4.79 Å². The van der Waals surface area contributed by atoms with E-state index in [1.54, 1.807) is 0 Å². The maximum Gasteiger partial charge on any atom is 0.162 e. The van der Waals surface area contributed by atoms with E-state index in [0.29, 0.717) is 5.78 Å². The van der Waals surface area contributed by atoms with Crippen LogP contribution in [-0.2, 0) is 4.79 Å². The molecule has 12 heavy (non-hydrogen) atoms. The highest BCUT2D eigenvalue weighted by Gasteiger charge is 2.26. The van der Waals surface area contributed by atoms with Gasteiger partial charge in [0.15, 0.2) is 5.78 Å². The summed E-state index contributed by atoms with van der Waals surface area (Å²) in [5, 5.41) is 0. The second-order valence-corrected chi connectivity index (χ2v) is 3.48. The highest BCUT2D eigenvalue weighted by molar-refractivity contribution is 6.00. The molecule has 1 nitrogen and oxygen atoms in total. The molecule has 0 heterocycles. The first-order valence-corrected chi connectivity index (χ1v) is 4.48. The van der Waals surface area contributed by atoms with Crippen LogP contribution in [0.15, 0.2) is 23.3 Å². The third-order valence-corrected chi connectivity index (χ3v) is 2.59. The molecule has 1 rings (SSSR count). The van der Waals surface area contributed by atoms with Crippen molar-refractivity contribution in [3.05, 3.63) is 23.3 Å². The largest absolute Gasteiger partial charge is 0.294 e. The van der Waals surface area contributed by atoms with Crippen LogP contribution in [0.4, 0.5) is 0 Å². The Morgan fingerprint density at radius 3 is 2.58 bits per heavy atom. The number of carbonyl (C=O) groups excluding carboxylic acids is 1. The molecule has 0 spiro atoms. The first kappa shape index (κ1) is 9.24. The van der Waals surface area contributed by atoms with E-state index in [0.717, 1.165) is 18.4 Å². The Morgan fingerprint density at radius 1 is 1.50 bits per heavy atom. The molecule has 0 radical (unpaired) electrons. The van der Waals surface area contributed by atoms with Crippen molar-refractivity contribution in [1.82, 2.24) is 0 Å². The normalized spacial score (nSPS) is 24.6. The van der Waals surface area contributed by atoms with E-state index >= 15 is 0 Å². The van der Waals surface area contributed by atoms with Crippen molar-refractivity contribution >= 4 is 5.78 Å². The first-order valence-electron chi connectivity index (χ1n) is 4.48. The van der Waals surface area contributed by atoms with Crippen molar-refractivity contribution in [3.63, 3.8) is 0 Å². The highest BCUT2D eigenvalue weighted by atomic mass is 16.1. The summed E-state index contributed by atoms with van der Waals surface area (Å²) in [5.41, 5.74) is 2.26. The van der Waals surface area contributed by atoms with E-state index in [9.17, 15) is 4.79 Å². The summed E-state index contributed by atoms with van der Waals surface area (Å²) >= 11 is 0. The molecule has 0 fully saturated rings. The number of carbonyl (C=O) groups is 1. The van der Waals surface area contributed by atoms with Gasteiger partial charge in [-0.05, 0) is 39.2 Å². The van der Waals surface area contributed by atoms with Crippen LogP contribution in [0.3, 0.4) is 0 Å². The van der Waals surface area contributed by atoms with Crippen molar-refractivity contribution in [3.8, 4) is 0 Å². The summed E-state index contributed by atoms with van der Waals surface area (Å²) in [5.74, 6) is 0.590. The molecule has 0 bridgehead atoms. The van der Waals surface area contributed by atoms with Gasteiger partial charge in [0.2, 0.25) is 0 Å². The summed E-state index contributed by atoms with van der Waals surface area (Å²) in [6.45, 7) is 5.99. The summed E-state index contributed by atoms with van der Waals surface area (Å²) in [6.07, 6.45) is 5.96. The van der Waals surface area contributed by atoms with E-state index in [4.69, 9.17) is 0 Å². The average molecular weight is 164 g/mol. The van der Waals surface area contributed by atoms with Gasteiger partial charge in [0.25, 0.3) is 0 Å². The number of allylic oxidation sites excluding steroid dienone is 4. The molecule has 0 amide bonds. The lowest BCUT2D eigenvalue weighted by molar-refractivity contribution is -0.118. The van der Waals surface area contributed by atoms with E-state index in [-0.39, 0.29) is 5.92 Å². The predicted octanol–water partition coefficient (Wildman–Crippen LogP) is 2.88. The lowest BCUT2D eigenvalue weighted by atomic mass is 10.00. The molecule has 0 aromatic carbocycles. The van der Waals surface area contributed by atoms with Crippen LogP contribution in [0.2, 0.25) is 0 Å². The van der Waals surface area contributed by atoms with Gasteiger partial charge in [0, 0.05) is 5.92 Å². The van der Waals surface area contributed by atoms with E-state index < -0.39 is 0 Å². The number of Topliss-reactive ketones (excluding diaryl/α,β-unsaturated/α-hetero) is 1. The topological polar surface area (TPSA) is 17.1 Å². The first-order chi connectivity index (χ1) is 5.66. The molecule has 0 N–H and O–H groups in total. The molecule has 1 aliphatic rings. The van der Waals surface area contributed by atoms with Crippen LogP contribution < -0.4 is 0 Å². The van der Waals surface area contributed by atoms with Crippen LogP contribution in [0, 0.1) is 5.92 Å². The molecule has 1 heteroatoms. The highest BCUT2D eigenvalue weighted by Crippen LogP contribution is 2.29. The zero-order valence-corrected chi connectivity index (χ0v) is 8.05. The van der Waals surface area contributed by atoms with Crippen LogP contribution in [0.1, 0.15) is 33.6 Å². The summed E-state index contributed by atoms with van der Waals surface area (Å²) in [7, 11) is 0. The Kier molecular flexibility index (Phi) is 2.85. The van der Waals surface area contributed by atoms with Gasteiger partial charge in [-0.25, -0.2) is 0 Å². The van der Waals surface area contributed by atoms with Crippen LogP contribution in [-0.4, -0.2) is 5.78 Å². The summed E-state index contributed by atoms with van der Waals surface area (Å²) in [6, 6.07) is 0. The van der Waals surface area contributed by atoms with Crippen LogP contribution in [0.25, 0.3) is 0 Å². The molecular formula is C11H16O. The minimum absolute atomic E-state index is 0.237. The van der Waals surface area contributed by atoms with Crippen molar-refractivity contribution in [2.45, 2.75) is 33.6 Å². The fourth-order valence-corrected chi connectivity index (χ4v) is 1.62. The van der Waals surface area contributed by atoms with Gasteiger partial charge >= 0.3 is 0 Å². The molecule has 1 unspecified atom stereocenters.